The third-order valence-corrected chi connectivity index (χ3v) is 2.36. The number of oxime groups is 1. The molecule has 1 aliphatic heterocycles. The SMILES string of the molecule is CCOC(=O)C1CC(C[C@H](O)[C@H](O)CO)=NO1. The summed E-state index contributed by atoms with van der Waals surface area (Å²) in [6, 6.07) is 0. The molecular weight excluding hydrogens is 230 g/mol. The average molecular weight is 247 g/mol. The number of hydrogen-bond donors (Lipinski definition) is 3. The maximum absolute atomic E-state index is 11.3. The lowest BCUT2D eigenvalue weighted by Crippen LogP contribution is -2.31. The summed E-state index contributed by atoms with van der Waals surface area (Å²) in [6.07, 6.45) is -2.84. The largest absolute Gasteiger partial charge is 0.463 e. The Bertz CT molecular complexity index is 293. The van der Waals surface area contributed by atoms with Crippen molar-refractivity contribution >= 4 is 11.7 Å². The van der Waals surface area contributed by atoms with Crippen molar-refractivity contribution in [2.45, 2.75) is 38.1 Å². The first-order valence-corrected chi connectivity index (χ1v) is 5.43. The van der Waals surface area contributed by atoms with Crippen molar-refractivity contribution in [2.24, 2.45) is 5.16 Å². The first-order valence-electron chi connectivity index (χ1n) is 5.43. The molecule has 0 bridgehead atoms. The van der Waals surface area contributed by atoms with Gasteiger partial charge < -0.3 is 24.9 Å². The van der Waals surface area contributed by atoms with E-state index in [1.165, 1.54) is 0 Å². The van der Waals surface area contributed by atoms with Gasteiger partial charge >= 0.3 is 5.97 Å². The van der Waals surface area contributed by atoms with Gasteiger partial charge in [0.05, 0.1) is 25.0 Å². The van der Waals surface area contributed by atoms with Crippen molar-refractivity contribution < 1.29 is 29.7 Å². The molecule has 0 aromatic carbocycles. The maximum Gasteiger partial charge on any atom is 0.350 e. The first-order chi connectivity index (χ1) is 8.08. The predicted molar refractivity (Wildman–Crippen MR) is 57.3 cm³/mol. The zero-order chi connectivity index (χ0) is 12.8. The summed E-state index contributed by atoms with van der Waals surface area (Å²) < 4.78 is 4.76. The Labute approximate surface area is 98.6 Å². The van der Waals surface area contributed by atoms with E-state index in [9.17, 15) is 9.90 Å². The highest BCUT2D eigenvalue weighted by molar-refractivity contribution is 5.91. The zero-order valence-electron chi connectivity index (χ0n) is 9.57. The van der Waals surface area contributed by atoms with E-state index in [1.54, 1.807) is 6.92 Å². The molecule has 3 atom stereocenters. The van der Waals surface area contributed by atoms with E-state index >= 15 is 0 Å². The van der Waals surface area contributed by atoms with E-state index < -0.39 is 30.9 Å². The van der Waals surface area contributed by atoms with Gasteiger partial charge in [-0.2, -0.15) is 0 Å². The molecule has 17 heavy (non-hydrogen) atoms. The number of nitrogens with zero attached hydrogens (tertiary/aromatic N) is 1. The fraction of sp³-hybridized carbons (Fsp3) is 0.800. The van der Waals surface area contributed by atoms with Crippen molar-refractivity contribution in [3.8, 4) is 0 Å². The summed E-state index contributed by atoms with van der Waals surface area (Å²) >= 11 is 0. The molecule has 1 unspecified atom stereocenters. The van der Waals surface area contributed by atoms with Crippen LogP contribution in [-0.2, 0) is 14.4 Å². The quantitative estimate of drug-likeness (QED) is 0.509. The normalized spacial score (nSPS) is 22.6. The maximum atomic E-state index is 11.3. The van der Waals surface area contributed by atoms with Gasteiger partial charge in [0.1, 0.15) is 6.10 Å². The second-order valence-electron chi connectivity index (χ2n) is 3.73. The van der Waals surface area contributed by atoms with Gasteiger partial charge in [-0.3, -0.25) is 0 Å². The molecule has 0 saturated carbocycles. The third kappa shape index (κ3) is 3.95. The molecule has 98 valence electrons. The lowest BCUT2D eigenvalue weighted by atomic mass is 10.0. The van der Waals surface area contributed by atoms with Gasteiger partial charge in [0, 0.05) is 12.8 Å². The Morgan fingerprint density at radius 1 is 1.59 bits per heavy atom. The Morgan fingerprint density at radius 2 is 2.29 bits per heavy atom. The minimum absolute atomic E-state index is 0.0532. The van der Waals surface area contributed by atoms with Crippen LogP contribution in [0.15, 0.2) is 5.16 Å². The van der Waals surface area contributed by atoms with E-state index in [2.05, 4.69) is 5.16 Å². The van der Waals surface area contributed by atoms with Gasteiger partial charge in [0.2, 0.25) is 6.10 Å². The van der Waals surface area contributed by atoms with Gasteiger partial charge in [-0.05, 0) is 6.92 Å². The highest BCUT2D eigenvalue weighted by Gasteiger charge is 2.31. The van der Waals surface area contributed by atoms with Gasteiger partial charge in [-0.15, -0.1) is 0 Å². The summed E-state index contributed by atoms with van der Waals surface area (Å²) in [5, 5.41) is 30.9. The van der Waals surface area contributed by atoms with Gasteiger partial charge in [-0.25, -0.2) is 4.79 Å². The Kier molecular flexibility index (Phi) is 5.33. The average Bonchev–Trinajstić information content (AvgIpc) is 2.76. The van der Waals surface area contributed by atoms with Crippen LogP contribution in [0, 0.1) is 0 Å². The molecule has 1 heterocycles. The number of aliphatic hydroxyl groups excluding tert-OH is 3. The molecule has 0 fully saturated rings. The molecule has 3 N–H and O–H groups in total. The third-order valence-electron chi connectivity index (χ3n) is 2.36. The van der Waals surface area contributed by atoms with Crippen molar-refractivity contribution in [3.05, 3.63) is 0 Å². The monoisotopic (exact) mass is 247 g/mol. The Hall–Kier alpha value is -1.18. The highest BCUT2D eigenvalue weighted by Crippen LogP contribution is 2.16. The summed E-state index contributed by atoms with van der Waals surface area (Å²) in [6.45, 7) is 1.42. The summed E-state index contributed by atoms with van der Waals surface area (Å²) in [5.41, 5.74) is 0.461. The second-order valence-corrected chi connectivity index (χ2v) is 3.73. The van der Waals surface area contributed by atoms with E-state index in [0.717, 1.165) is 0 Å². The van der Waals surface area contributed by atoms with Crippen molar-refractivity contribution in [1.29, 1.82) is 0 Å². The van der Waals surface area contributed by atoms with E-state index in [-0.39, 0.29) is 19.4 Å². The van der Waals surface area contributed by atoms with Crippen LogP contribution in [0.2, 0.25) is 0 Å². The van der Waals surface area contributed by atoms with E-state index in [0.29, 0.717) is 5.71 Å². The number of carbonyl (C=O) groups excluding carboxylic acids is 1. The summed E-state index contributed by atoms with van der Waals surface area (Å²) in [4.78, 5) is 16.1. The summed E-state index contributed by atoms with van der Waals surface area (Å²) in [7, 11) is 0. The summed E-state index contributed by atoms with van der Waals surface area (Å²) in [5.74, 6) is -0.497. The number of aliphatic hydroxyl groups is 3. The molecule has 0 aliphatic carbocycles. The zero-order valence-corrected chi connectivity index (χ0v) is 9.57. The van der Waals surface area contributed by atoms with E-state index in [4.69, 9.17) is 19.8 Å². The van der Waals surface area contributed by atoms with Gasteiger partial charge in [0.15, 0.2) is 0 Å². The second kappa shape index (κ2) is 6.53. The molecule has 1 rings (SSSR count). The first kappa shape index (κ1) is 13.9. The molecular formula is C10H17NO6. The van der Waals surface area contributed by atoms with Gasteiger partial charge in [0.25, 0.3) is 0 Å². The van der Waals surface area contributed by atoms with Crippen molar-refractivity contribution in [1.82, 2.24) is 0 Å². The van der Waals surface area contributed by atoms with Gasteiger partial charge in [-0.1, -0.05) is 5.16 Å². The smallest absolute Gasteiger partial charge is 0.350 e. The van der Waals surface area contributed by atoms with Crippen molar-refractivity contribution in [3.63, 3.8) is 0 Å². The topological polar surface area (TPSA) is 109 Å². The van der Waals surface area contributed by atoms with Crippen LogP contribution in [0.1, 0.15) is 19.8 Å². The molecule has 1 aliphatic rings. The number of carbonyl (C=O) groups is 1. The minimum Gasteiger partial charge on any atom is -0.463 e. The highest BCUT2D eigenvalue weighted by atomic mass is 16.7. The van der Waals surface area contributed by atoms with E-state index in [1.807, 2.05) is 0 Å². The molecule has 0 amide bonds. The molecule has 0 aromatic rings. The minimum atomic E-state index is -1.22. The van der Waals surface area contributed by atoms with Crippen LogP contribution in [0.4, 0.5) is 0 Å². The lowest BCUT2D eigenvalue weighted by molar-refractivity contribution is -0.154. The van der Waals surface area contributed by atoms with Crippen LogP contribution in [-0.4, -0.2) is 58.5 Å². The molecule has 7 heteroatoms. The van der Waals surface area contributed by atoms with Crippen LogP contribution in [0.25, 0.3) is 0 Å². The number of ether oxygens (including phenoxy) is 1. The number of esters is 1. The Morgan fingerprint density at radius 3 is 2.88 bits per heavy atom. The molecule has 7 nitrogen and oxygen atoms in total. The lowest BCUT2D eigenvalue weighted by Gasteiger charge is -2.14. The molecule has 0 radical (unpaired) electrons. The van der Waals surface area contributed by atoms with Crippen molar-refractivity contribution in [2.75, 3.05) is 13.2 Å². The fourth-order valence-corrected chi connectivity index (χ4v) is 1.41. The van der Waals surface area contributed by atoms with Crippen LogP contribution in [0.3, 0.4) is 0 Å². The number of rotatable bonds is 6. The van der Waals surface area contributed by atoms with Crippen LogP contribution >= 0.6 is 0 Å². The van der Waals surface area contributed by atoms with Crippen LogP contribution < -0.4 is 0 Å². The standard InChI is InChI=1S/C10H17NO6/c1-2-16-10(15)9-4-6(11-17-9)3-7(13)8(14)5-12/h7-9,12-14H,2-5H2,1H3/t7-,8+,9?/m0/s1. The molecule has 0 saturated heterocycles. The molecule has 0 aromatic heterocycles. The molecule has 0 spiro atoms. The predicted octanol–water partition coefficient (Wildman–Crippen LogP) is -1.20. The fourth-order valence-electron chi connectivity index (χ4n) is 1.41. The van der Waals surface area contributed by atoms with Crippen LogP contribution in [0.5, 0.6) is 0 Å². The Balaban J connectivity index is 2.37. The number of hydrogen-bond acceptors (Lipinski definition) is 7.